The number of hydrogen-bond acceptors (Lipinski definition) is 5. The third-order valence-electron chi connectivity index (χ3n) is 5.17. The van der Waals surface area contributed by atoms with E-state index in [0.29, 0.717) is 24.6 Å². The molecular weight excluding hydrogens is 521 g/mol. The van der Waals surface area contributed by atoms with Gasteiger partial charge in [0.1, 0.15) is 0 Å². The predicted molar refractivity (Wildman–Crippen MR) is 140 cm³/mol. The van der Waals surface area contributed by atoms with Crippen LogP contribution >= 0.6 is 24.0 Å². The molecule has 0 saturated carbocycles. The summed E-state index contributed by atoms with van der Waals surface area (Å²) >= 11 is 0. The van der Waals surface area contributed by atoms with Crippen LogP contribution in [0.4, 0.5) is 0 Å². The summed E-state index contributed by atoms with van der Waals surface area (Å²) in [6, 6.07) is 7.65. The maximum atomic E-state index is 12.3. The molecule has 1 heterocycles. The van der Waals surface area contributed by atoms with Crippen LogP contribution in [-0.4, -0.2) is 84.0 Å². The van der Waals surface area contributed by atoms with Crippen molar-refractivity contribution in [2.75, 3.05) is 67.2 Å². The molecule has 1 saturated heterocycles. The number of aliphatic imine (C=N–C) groups is 1. The average molecular weight is 562 g/mol. The Balaban J connectivity index is 0.00000512. The van der Waals surface area contributed by atoms with Crippen molar-refractivity contribution >= 4 is 35.8 Å². The normalized spacial score (nSPS) is 14.7. The smallest absolute Gasteiger partial charge is 0.251 e. The van der Waals surface area contributed by atoms with Crippen molar-refractivity contribution < 1.29 is 14.3 Å². The van der Waals surface area contributed by atoms with Crippen LogP contribution in [0, 0.1) is 5.92 Å². The van der Waals surface area contributed by atoms with Crippen LogP contribution in [0.1, 0.15) is 35.2 Å². The molecule has 0 radical (unpaired) electrons. The number of halogens is 1. The molecule has 1 aliphatic rings. The lowest BCUT2D eigenvalue weighted by molar-refractivity contribution is 0.0203. The monoisotopic (exact) mass is 561 g/mol. The summed E-state index contributed by atoms with van der Waals surface area (Å²) in [6.07, 6.45) is 3.13. The van der Waals surface area contributed by atoms with Crippen LogP contribution in [-0.2, 0) is 16.0 Å². The van der Waals surface area contributed by atoms with Gasteiger partial charge in [-0.1, -0.05) is 12.1 Å². The first kappa shape index (κ1) is 28.6. The van der Waals surface area contributed by atoms with E-state index in [0.717, 1.165) is 70.3 Å². The van der Waals surface area contributed by atoms with E-state index in [4.69, 9.17) is 9.47 Å². The number of likely N-dealkylation sites (N-methyl/N-ethyl adjacent to an activating group) is 1. The van der Waals surface area contributed by atoms with Crippen LogP contribution in [0.2, 0.25) is 0 Å². The van der Waals surface area contributed by atoms with Crippen molar-refractivity contribution in [2.45, 2.75) is 25.8 Å². The van der Waals surface area contributed by atoms with E-state index in [1.54, 1.807) is 7.05 Å². The Labute approximate surface area is 209 Å². The fourth-order valence-corrected chi connectivity index (χ4v) is 3.27. The maximum absolute atomic E-state index is 12.3. The Hall–Kier alpha value is -1.43. The topological polar surface area (TPSA) is 87.2 Å². The number of carbonyl (C=O) groups is 1. The van der Waals surface area contributed by atoms with Gasteiger partial charge in [0.2, 0.25) is 0 Å². The molecule has 1 aromatic rings. The van der Waals surface area contributed by atoms with Gasteiger partial charge in [-0.05, 0) is 57.0 Å². The first-order valence-corrected chi connectivity index (χ1v) is 11.2. The molecule has 0 bridgehead atoms. The van der Waals surface area contributed by atoms with E-state index in [2.05, 4.69) is 20.9 Å². The molecule has 1 fully saturated rings. The largest absolute Gasteiger partial charge is 0.381 e. The summed E-state index contributed by atoms with van der Waals surface area (Å²) in [6.45, 7) is 6.13. The Morgan fingerprint density at radius 3 is 2.69 bits per heavy atom. The zero-order chi connectivity index (χ0) is 22.3. The van der Waals surface area contributed by atoms with Crippen LogP contribution in [0.3, 0.4) is 0 Å². The van der Waals surface area contributed by atoms with Crippen molar-refractivity contribution in [1.29, 1.82) is 0 Å². The third kappa shape index (κ3) is 12.0. The molecule has 1 aliphatic heterocycles. The van der Waals surface area contributed by atoms with Crippen LogP contribution < -0.4 is 16.0 Å². The van der Waals surface area contributed by atoms with Gasteiger partial charge in [-0.3, -0.25) is 9.79 Å². The second kappa shape index (κ2) is 17.1. The van der Waals surface area contributed by atoms with Crippen molar-refractivity contribution in [3.05, 3.63) is 35.4 Å². The highest BCUT2D eigenvalue weighted by Gasteiger charge is 2.13. The lowest BCUT2D eigenvalue weighted by Crippen LogP contribution is -2.37. The number of benzene rings is 1. The first-order chi connectivity index (χ1) is 15.1. The maximum Gasteiger partial charge on any atom is 0.251 e. The van der Waals surface area contributed by atoms with Crippen LogP contribution in [0.15, 0.2) is 29.3 Å². The number of nitrogens with zero attached hydrogens (tertiary/aromatic N) is 2. The van der Waals surface area contributed by atoms with Gasteiger partial charge in [-0.25, -0.2) is 0 Å². The van der Waals surface area contributed by atoms with Gasteiger partial charge in [0, 0.05) is 65.2 Å². The van der Waals surface area contributed by atoms with Crippen molar-refractivity contribution in [3.8, 4) is 0 Å². The molecular formula is C23H40IN5O3. The molecule has 2 rings (SSSR count). The van der Waals surface area contributed by atoms with Crippen molar-refractivity contribution in [1.82, 2.24) is 20.9 Å². The third-order valence-corrected chi connectivity index (χ3v) is 5.17. The summed E-state index contributed by atoms with van der Waals surface area (Å²) in [5.41, 5.74) is 1.70. The van der Waals surface area contributed by atoms with Gasteiger partial charge in [0.05, 0.1) is 0 Å². The van der Waals surface area contributed by atoms with Gasteiger partial charge in [-0.15, -0.1) is 24.0 Å². The summed E-state index contributed by atoms with van der Waals surface area (Å²) in [4.78, 5) is 18.6. The fourth-order valence-electron chi connectivity index (χ4n) is 3.27. The number of carbonyl (C=O) groups excluding carboxylic acids is 1. The summed E-state index contributed by atoms with van der Waals surface area (Å²) in [5.74, 6) is 1.33. The van der Waals surface area contributed by atoms with Gasteiger partial charge in [-0.2, -0.15) is 0 Å². The zero-order valence-electron chi connectivity index (χ0n) is 19.7. The Morgan fingerprint density at radius 2 is 1.97 bits per heavy atom. The van der Waals surface area contributed by atoms with Gasteiger partial charge in [0.25, 0.3) is 5.91 Å². The standard InChI is InChI=1S/C23H39N5O3.HI/c1-24-23(26-10-5-13-31-18-19-8-14-30-15-9-19)27-17-20-6-4-7-21(16-20)22(29)25-11-12-28(2)3;/h4,6-7,16,19H,5,8-15,17-18H2,1-3H3,(H,25,29)(H2,24,26,27);1H. The van der Waals surface area contributed by atoms with Crippen LogP contribution in [0.25, 0.3) is 0 Å². The molecule has 0 aromatic heterocycles. The molecule has 8 nitrogen and oxygen atoms in total. The molecule has 0 spiro atoms. The second-order valence-corrected chi connectivity index (χ2v) is 8.10. The van der Waals surface area contributed by atoms with Crippen LogP contribution in [0.5, 0.6) is 0 Å². The molecule has 182 valence electrons. The van der Waals surface area contributed by atoms with Crippen molar-refractivity contribution in [2.24, 2.45) is 10.9 Å². The Bertz CT molecular complexity index is 681. The lowest BCUT2D eigenvalue weighted by atomic mass is 10.0. The number of guanidine groups is 1. The van der Waals surface area contributed by atoms with E-state index >= 15 is 0 Å². The molecule has 0 unspecified atom stereocenters. The number of ether oxygens (including phenoxy) is 2. The highest BCUT2D eigenvalue weighted by atomic mass is 127. The molecule has 1 aromatic carbocycles. The Kier molecular flexibility index (Phi) is 15.3. The van der Waals surface area contributed by atoms with E-state index < -0.39 is 0 Å². The zero-order valence-corrected chi connectivity index (χ0v) is 22.0. The predicted octanol–water partition coefficient (Wildman–Crippen LogP) is 2.09. The Morgan fingerprint density at radius 1 is 1.19 bits per heavy atom. The first-order valence-electron chi connectivity index (χ1n) is 11.2. The summed E-state index contributed by atoms with van der Waals surface area (Å²) in [7, 11) is 5.73. The summed E-state index contributed by atoms with van der Waals surface area (Å²) < 4.78 is 11.2. The van der Waals surface area contributed by atoms with Gasteiger partial charge >= 0.3 is 0 Å². The highest BCUT2D eigenvalue weighted by molar-refractivity contribution is 14.0. The quantitative estimate of drug-likeness (QED) is 0.157. The van der Waals surface area contributed by atoms with Gasteiger partial charge < -0.3 is 30.3 Å². The van der Waals surface area contributed by atoms with E-state index in [1.165, 1.54) is 0 Å². The second-order valence-electron chi connectivity index (χ2n) is 8.10. The minimum absolute atomic E-state index is 0. The molecule has 3 N–H and O–H groups in total. The minimum atomic E-state index is -0.0491. The van der Waals surface area contributed by atoms with Crippen molar-refractivity contribution in [3.63, 3.8) is 0 Å². The van der Waals surface area contributed by atoms with E-state index in [1.807, 2.05) is 43.3 Å². The number of nitrogens with one attached hydrogen (secondary N) is 3. The molecule has 0 atom stereocenters. The summed E-state index contributed by atoms with van der Waals surface area (Å²) in [5, 5.41) is 9.55. The fraction of sp³-hybridized carbons (Fsp3) is 0.652. The molecule has 32 heavy (non-hydrogen) atoms. The minimum Gasteiger partial charge on any atom is -0.381 e. The SMILES string of the molecule is CN=C(NCCCOCC1CCOCC1)NCc1cccc(C(=O)NCCN(C)C)c1.I. The molecule has 0 aliphatic carbocycles. The average Bonchev–Trinajstić information content (AvgIpc) is 2.78. The van der Waals surface area contributed by atoms with E-state index in [-0.39, 0.29) is 29.9 Å². The number of rotatable bonds is 12. The lowest BCUT2D eigenvalue weighted by Gasteiger charge is -2.21. The number of amides is 1. The van der Waals surface area contributed by atoms with Gasteiger partial charge in [0.15, 0.2) is 5.96 Å². The molecule has 1 amide bonds. The van der Waals surface area contributed by atoms with E-state index in [9.17, 15) is 4.79 Å². The number of hydrogen-bond donors (Lipinski definition) is 3. The highest BCUT2D eigenvalue weighted by Crippen LogP contribution is 2.14. The molecule has 9 heteroatoms.